The van der Waals surface area contributed by atoms with Gasteiger partial charge in [0.05, 0.1) is 17.1 Å². The van der Waals surface area contributed by atoms with E-state index in [9.17, 15) is 10.1 Å². The van der Waals surface area contributed by atoms with Crippen molar-refractivity contribution in [3.05, 3.63) is 57.1 Å². The molecule has 0 heterocycles. The molecule has 0 radical (unpaired) electrons. The van der Waals surface area contributed by atoms with Crippen molar-refractivity contribution in [2.75, 3.05) is 7.11 Å². The maximum absolute atomic E-state index is 10.8. The Kier molecular flexibility index (Phi) is 4.10. The molecule has 2 aromatic rings. The topological polar surface area (TPSA) is 61.6 Å². The fourth-order valence-corrected chi connectivity index (χ4v) is 1.96. The number of hydrogen-bond acceptors (Lipinski definition) is 4. The largest absolute Gasteiger partial charge is 0.490 e. The van der Waals surface area contributed by atoms with Gasteiger partial charge in [0.15, 0.2) is 0 Å². The number of rotatable bonds is 4. The van der Waals surface area contributed by atoms with Gasteiger partial charge < -0.3 is 9.47 Å². The molecule has 20 heavy (non-hydrogen) atoms. The third kappa shape index (κ3) is 3.00. The summed E-state index contributed by atoms with van der Waals surface area (Å²) < 4.78 is 10.6. The van der Waals surface area contributed by atoms with Crippen LogP contribution in [0.3, 0.4) is 0 Å². The minimum absolute atomic E-state index is 0.116. The normalized spacial score (nSPS) is 10.2. The van der Waals surface area contributed by atoms with E-state index in [1.807, 2.05) is 13.0 Å². The third-order valence-corrected chi connectivity index (χ3v) is 2.96. The van der Waals surface area contributed by atoms with Gasteiger partial charge in [0.1, 0.15) is 11.5 Å². The molecule has 2 rings (SSSR count). The number of nitro groups is 1. The molecule has 0 saturated carbocycles. The summed E-state index contributed by atoms with van der Waals surface area (Å²) in [5.41, 5.74) is 0.901. The van der Waals surface area contributed by atoms with E-state index in [-0.39, 0.29) is 11.4 Å². The lowest BCUT2D eigenvalue weighted by Crippen LogP contribution is -1.94. The summed E-state index contributed by atoms with van der Waals surface area (Å²) in [5.74, 6) is 1.03. The van der Waals surface area contributed by atoms with Crippen LogP contribution in [0.5, 0.6) is 17.2 Å². The zero-order chi connectivity index (χ0) is 14.7. The number of halogens is 1. The van der Waals surface area contributed by atoms with Crippen LogP contribution < -0.4 is 9.47 Å². The predicted molar refractivity (Wildman–Crippen MR) is 75.9 cm³/mol. The van der Waals surface area contributed by atoms with E-state index in [0.29, 0.717) is 16.5 Å². The zero-order valence-corrected chi connectivity index (χ0v) is 11.7. The van der Waals surface area contributed by atoms with Gasteiger partial charge in [-0.05, 0) is 30.7 Å². The quantitative estimate of drug-likeness (QED) is 0.621. The molecule has 0 aliphatic carbocycles. The van der Waals surface area contributed by atoms with Crippen molar-refractivity contribution in [1.29, 1.82) is 0 Å². The Bertz CT molecular complexity index is 658. The summed E-state index contributed by atoms with van der Waals surface area (Å²) in [6, 6.07) is 9.66. The standard InChI is InChI=1S/C14H12ClNO4/c1-9-3-6-13(11(15)7-9)20-10-4-5-12(16(17)18)14(8-10)19-2/h3-8H,1-2H3. The number of nitro benzene ring substituents is 1. The Labute approximate surface area is 120 Å². The smallest absolute Gasteiger partial charge is 0.311 e. The van der Waals surface area contributed by atoms with Crippen molar-refractivity contribution in [3.63, 3.8) is 0 Å². The third-order valence-electron chi connectivity index (χ3n) is 2.66. The highest BCUT2D eigenvalue weighted by Gasteiger charge is 2.15. The maximum Gasteiger partial charge on any atom is 0.311 e. The van der Waals surface area contributed by atoms with Gasteiger partial charge in [-0.15, -0.1) is 0 Å². The van der Waals surface area contributed by atoms with E-state index in [1.54, 1.807) is 12.1 Å². The number of methoxy groups -OCH3 is 1. The molecule has 0 unspecified atom stereocenters. The number of aryl methyl sites for hydroxylation is 1. The lowest BCUT2D eigenvalue weighted by atomic mass is 10.2. The molecule has 0 bridgehead atoms. The Morgan fingerprint density at radius 1 is 1.15 bits per heavy atom. The Morgan fingerprint density at radius 3 is 2.50 bits per heavy atom. The highest BCUT2D eigenvalue weighted by molar-refractivity contribution is 6.32. The Balaban J connectivity index is 2.32. The summed E-state index contributed by atoms with van der Waals surface area (Å²) in [7, 11) is 1.37. The molecule has 0 aromatic heterocycles. The van der Waals surface area contributed by atoms with Gasteiger partial charge in [-0.2, -0.15) is 0 Å². The molecule has 0 atom stereocenters. The van der Waals surface area contributed by atoms with Crippen LogP contribution in [-0.2, 0) is 0 Å². The molecule has 2 aromatic carbocycles. The van der Waals surface area contributed by atoms with Crippen molar-refractivity contribution < 1.29 is 14.4 Å². The molecule has 104 valence electrons. The first-order valence-electron chi connectivity index (χ1n) is 5.77. The predicted octanol–water partition coefficient (Wildman–Crippen LogP) is 4.36. The molecule has 0 saturated heterocycles. The van der Waals surface area contributed by atoms with Crippen molar-refractivity contribution in [2.45, 2.75) is 6.92 Å². The minimum Gasteiger partial charge on any atom is -0.490 e. The second-order valence-corrected chi connectivity index (χ2v) is 4.53. The van der Waals surface area contributed by atoms with Gasteiger partial charge in [-0.3, -0.25) is 10.1 Å². The van der Waals surface area contributed by atoms with E-state index in [4.69, 9.17) is 21.1 Å². The molecule has 0 fully saturated rings. The van der Waals surface area contributed by atoms with E-state index >= 15 is 0 Å². The molecular weight excluding hydrogens is 282 g/mol. The van der Waals surface area contributed by atoms with Gasteiger partial charge in [-0.1, -0.05) is 17.7 Å². The first-order valence-corrected chi connectivity index (χ1v) is 6.15. The van der Waals surface area contributed by atoms with Crippen LogP contribution in [-0.4, -0.2) is 12.0 Å². The zero-order valence-electron chi connectivity index (χ0n) is 10.9. The van der Waals surface area contributed by atoms with Crippen LogP contribution in [0.4, 0.5) is 5.69 Å². The average Bonchev–Trinajstić information content (AvgIpc) is 2.41. The molecule has 5 nitrogen and oxygen atoms in total. The van der Waals surface area contributed by atoms with Gasteiger partial charge in [0.25, 0.3) is 0 Å². The molecule has 0 aliphatic rings. The van der Waals surface area contributed by atoms with E-state index < -0.39 is 4.92 Å². The average molecular weight is 294 g/mol. The fourth-order valence-electron chi connectivity index (χ4n) is 1.69. The lowest BCUT2D eigenvalue weighted by molar-refractivity contribution is -0.385. The van der Waals surface area contributed by atoms with E-state index in [1.165, 1.54) is 25.3 Å². The number of ether oxygens (including phenoxy) is 2. The Hall–Kier alpha value is -2.27. The van der Waals surface area contributed by atoms with Gasteiger partial charge in [-0.25, -0.2) is 0 Å². The van der Waals surface area contributed by atoms with Crippen LogP contribution in [0.1, 0.15) is 5.56 Å². The SMILES string of the molecule is COc1cc(Oc2ccc(C)cc2Cl)ccc1[N+](=O)[O-]. The highest BCUT2D eigenvalue weighted by Crippen LogP contribution is 2.35. The van der Waals surface area contributed by atoms with Gasteiger partial charge in [0, 0.05) is 12.1 Å². The second-order valence-electron chi connectivity index (χ2n) is 4.13. The molecular formula is C14H12ClNO4. The molecule has 0 amide bonds. The van der Waals surface area contributed by atoms with Crippen LogP contribution >= 0.6 is 11.6 Å². The fraction of sp³-hybridized carbons (Fsp3) is 0.143. The van der Waals surface area contributed by atoms with Crippen molar-refractivity contribution in [3.8, 4) is 17.2 Å². The number of hydrogen-bond donors (Lipinski definition) is 0. The molecule has 6 heteroatoms. The monoisotopic (exact) mass is 293 g/mol. The Morgan fingerprint density at radius 2 is 1.90 bits per heavy atom. The summed E-state index contributed by atoms with van der Waals surface area (Å²) >= 11 is 6.07. The van der Waals surface area contributed by atoms with Crippen molar-refractivity contribution >= 4 is 17.3 Å². The minimum atomic E-state index is -0.512. The van der Waals surface area contributed by atoms with Crippen molar-refractivity contribution in [2.24, 2.45) is 0 Å². The molecule has 0 spiro atoms. The summed E-state index contributed by atoms with van der Waals surface area (Å²) in [4.78, 5) is 10.3. The van der Waals surface area contributed by atoms with Crippen LogP contribution in [0.15, 0.2) is 36.4 Å². The lowest BCUT2D eigenvalue weighted by Gasteiger charge is -2.09. The highest BCUT2D eigenvalue weighted by atomic mass is 35.5. The summed E-state index contributed by atoms with van der Waals surface area (Å²) in [5, 5.41) is 11.3. The first kappa shape index (κ1) is 14.1. The van der Waals surface area contributed by atoms with Crippen molar-refractivity contribution in [1.82, 2.24) is 0 Å². The van der Waals surface area contributed by atoms with E-state index in [2.05, 4.69) is 0 Å². The van der Waals surface area contributed by atoms with E-state index in [0.717, 1.165) is 5.56 Å². The number of nitrogens with zero attached hydrogens (tertiary/aromatic N) is 1. The molecule has 0 N–H and O–H groups in total. The summed E-state index contributed by atoms with van der Waals surface area (Å²) in [6.07, 6.45) is 0. The van der Waals surface area contributed by atoms with Crippen LogP contribution in [0.2, 0.25) is 5.02 Å². The first-order chi connectivity index (χ1) is 9.51. The summed E-state index contributed by atoms with van der Waals surface area (Å²) in [6.45, 7) is 1.92. The van der Waals surface area contributed by atoms with Crippen LogP contribution in [0, 0.1) is 17.0 Å². The van der Waals surface area contributed by atoms with Gasteiger partial charge >= 0.3 is 5.69 Å². The second kappa shape index (κ2) is 5.79. The maximum atomic E-state index is 10.8. The van der Waals surface area contributed by atoms with Crippen LogP contribution in [0.25, 0.3) is 0 Å². The molecule has 0 aliphatic heterocycles. The number of benzene rings is 2. The van der Waals surface area contributed by atoms with Gasteiger partial charge in [0.2, 0.25) is 5.75 Å².